The highest BCUT2D eigenvalue weighted by Crippen LogP contribution is 2.13. The molecule has 20 heavy (non-hydrogen) atoms. The maximum Gasteiger partial charge on any atom is 0.252 e. The van der Waals surface area contributed by atoms with Crippen LogP contribution in [-0.4, -0.2) is 23.1 Å². The van der Waals surface area contributed by atoms with E-state index in [4.69, 9.17) is 5.73 Å². The fourth-order valence-corrected chi connectivity index (χ4v) is 2.09. The van der Waals surface area contributed by atoms with E-state index < -0.39 is 0 Å². The summed E-state index contributed by atoms with van der Waals surface area (Å²) in [5.74, 6) is 1.32. The lowest BCUT2D eigenvalue weighted by Gasteiger charge is -2.23. The largest absolute Gasteiger partial charge is 0.352 e. The zero-order valence-electron chi connectivity index (χ0n) is 11.7. The number of hydrogen-bond donors (Lipinski definition) is 2. The van der Waals surface area contributed by atoms with Gasteiger partial charge in [0.05, 0.1) is 0 Å². The fraction of sp³-hybridized carbons (Fsp3) is 0.333. The van der Waals surface area contributed by atoms with E-state index in [1.807, 2.05) is 18.2 Å². The number of benzene rings is 1. The van der Waals surface area contributed by atoms with E-state index in [1.165, 1.54) is 11.6 Å². The molecular weight excluding hydrogens is 252 g/mol. The van der Waals surface area contributed by atoms with Crippen LogP contribution in [-0.2, 0) is 6.54 Å². The minimum atomic E-state index is -0.127. The molecule has 0 bridgehead atoms. The van der Waals surface area contributed by atoms with Crippen LogP contribution in [0.25, 0.3) is 0 Å². The maximum absolute atomic E-state index is 11.6. The highest BCUT2D eigenvalue weighted by Gasteiger charge is 2.10. The topological polar surface area (TPSA) is 75.0 Å². The van der Waals surface area contributed by atoms with Gasteiger partial charge in [-0.3, -0.25) is 4.79 Å². The average molecular weight is 272 g/mol. The average Bonchev–Trinajstić information content (AvgIpc) is 2.43. The van der Waals surface area contributed by atoms with Gasteiger partial charge in [-0.25, -0.2) is 4.98 Å². The standard InChI is InChI=1S/C15H20N4O/c1-12-17-14(10-15(20)18-12)19(9-5-8-16)11-13-6-3-2-4-7-13/h2-4,6-7,10H,5,8-9,11,16H2,1H3,(H,17,18,20). The van der Waals surface area contributed by atoms with E-state index in [-0.39, 0.29) is 5.56 Å². The summed E-state index contributed by atoms with van der Waals surface area (Å²) in [6.07, 6.45) is 0.861. The van der Waals surface area contributed by atoms with Gasteiger partial charge < -0.3 is 15.6 Å². The van der Waals surface area contributed by atoms with Gasteiger partial charge in [-0.2, -0.15) is 0 Å². The molecule has 3 N–H and O–H groups in total. The van der Waals surface area contributed by atoms with Crippen LogP contribution >= 0.6 is 0 Å². The molecule has 0 unspecified atom stereocenters. The first-order valence-electron chi connectivity index (χ1n) is 6.76. The lowest BCUT2D eigenvalue weighted by Crippen LogP contribution is -2.28. The normalized spacial score (nSPS) is 10.5. The van der Waals surface area contributed by atoms with Crippen LogP contribution in [0.15, 0.2) is 41.2 Å². The SMILES string of the molecule is Cc1nc(N(CCCN)Cc2ccccc2)cc(=O)[nH]1. The molecule has 0 radical (unpaired) electrons. The van der Waals surface area contributed by atoms with Gasteiger partial charge in [0.15, 0.2) is 0 Å². The van der Waals surface area contributed by atoms with Crippen molar-refractivity contribution in [1.29, 1.82) is 0 Å². The van der Waals surface area contributed by atoms with Gasteiger partial charge in [-0.15, -0.1) is 0 Å². The third kappa shape index (κ3) is 3.93. The minimum absolute atomic E-state index is 0.127. The number of rotatable bonds is 6. The number of aromatic nitrogens is 2. The molecule has 1 aromatic heterocycles. The predicted molar refractivity (Wildman–Crippen MR) is 80.8 cm³/mol. The Hall–Kier alpha value is -2.14. The molecule has 1 heterocycles. The lowest BCUT2D eigenvalue weighted by molar-refractivity contribution is 0.721. The van der Waals surface area contributed by atoms with E-state index in [0.717, 1.165) is 19.5 Å². The Bertz CT molecular complexity index is 594. The number of H-pyrrole nitrogens is 1. The van der Waals surface area contributed by atoms with Crippen molar-refractivity contribution in [1.82, 2.24) is 9.97 Å². The second-order valence-corrected chi connectivity index (χ2v) is 4.74. The van der Waals surface area contributed by atoms with E-state index in [9.17, 15) is 4.79 Å². The van der Waals surface area contributed by atoms with Crippen LogP contribution in [0, 0.1) is 6.92 Å². The molecule has 0 aliphatic heterocycles. The Labute approximate surface area is 118 Å². The van der Waals surface area contributed by atoms with Crippen LogP contribution in [0.3, 0.4) is 0 Å². The summed E-state index contributed by atoms with van der Waals surface area (Å²) in [4.78, 5) is 20.8. The van der Waals surface area contributed by atoms with Crippen molar-refractivity contribution in [2.24, 2.45) is 5.73 Å². The van der Waals surface area contributed by atoms with E-state index in [2.05, 4.69) is 27.0 Å². The smallest absolute Gasteiger partial charge is 0.252 e. The van der Waals surface area contributed by atoms with Crippen molar-refractivity contribution in [3.05, 3.63) is 58.1 Å². The van der Waals surface area contributed by atoms with Crippen molar-refractivity contribution in [2.75, 3.05) is 18.0 Å². The fourth-order valence-electron chi connectivity index (χ4n) is 2.09. The number of aromatic amines is 1. The van der Waals surface area contributed by atoms with Gasteiger partial charge in [-0.05, 0) is 25.5 Å². The van der Waals surface area contributed by atoms with Crippen molar-refractivity contribution in [2.45, 2.75) is 19.9 Å². The van der Waals surface area contributed by atoms with Gasteiger partial charge in [0, 0.05) is 19.2 Å². The molecule has 2 rings (SSSR count). The Morgan fingerprint density at radius 1 is 1.30 bits per heavy atom. The number of nitrogens with one attached hydrogen (secondary N) is 1. The van der Waals surface area contributed by atoms with Gasteiger partial charge in [-0.1, -0.05) is 30.3 Å². The summed E-state index contributed by atoms with van der Waals surface area (Å²) in [6, 6.07) is 11.7. The molecule has 0 spiro atoms. The second-order valence-electron chi connectivity index (χ2n) is 4.74. The summed E-state index contributed by atoms with van der Waals surface area (Å²) >= 11 is 0. The molecule has 0 amide bonds. The number of nitrogens with two attached hydrogens (primary N) is 1. The molecule has 0 aliphatic carbocycles. The number of hydrogen-bond acceptors (Lipinski definition) is 4. The summed E-state index contributed by atoms with van der Waals surface area (Å²) in [6.45, 7) is 3.90. The molecular formula is C15H20N4O. The van der Waals surface area contributed by atoms with Gasteiger partial charge in [0.1, 0.15) is 11.6 Å². The third-order valence-corrected chi connectivity index (χ3v) is 3.02. The van der Waals surface area contributed by atoms with E-state index in [1.54, 1.807) is 6.92 Å². The van der Waals surface area contributed by atoms with Crippen LogP contribution in [0.1, 0.15) is 17.8 Å². The van der Waals surface area contributed by atoms with E-state index >= 15 is 0 Å². The summed E-state index contributed by atoms with van der Waals surface area (Å²) in [5.41, 5.74) is 6.65. The van der Waals surface area contributed by atoms with Gasteiger partial charge >= 0.3 is 0 Å². The summed E-state index contributed by atoms with van der Waals surface area (Å²) in [7, 11) is 0. The first kappa shape index (κ1) is 14.3. The maximum atomic E-state index is 11.6. The summed E-state index contributed by atoms with van der Waals surface area (Å²) in [5, 5.41) is 0. The predicted octanol–water partition coefficient (Wildman–Crippen LogP) is 1.43. The van der Waals surface area contributed by atoms with Crippen molar-refractivity contribution < 1.29 is 0 Å². The second kappa shape index (κ2) is 6.86. The molecule has 0 fully saturated rings. The van der Waals surface area contributed by atoms with Gasteiger partial charge in [0.25, 0.3) is 5.56 Å². The van der Waals surface area contributed by atoms with E-state index in [0.29, 0.717) is 18.2 Å². The molecule has 0 saturated heterocycles. The molecule has 5 nitrogen and oxygen atoms in total. The van der Waals surface area contributed by atoms with Crippen molar-refractivity contribution in [3.63, 3.8) is 0 Å². The van der Waals surface area contributed by atoms with Crippen LogP contribution in [0.4, 0.5) is 5.82 Å². The number of aryl methyl sites for hydroxylation is 1. The third-order valence-electron chi connectivity index (χ3n) is 3.02. The van der Waals surface area contributed by atoms with Crippen LogP contribution in [0.5, 0.6) is 0 Å². The molecule has 0 aliphatic rings. The molecule has 2 aromatic rings. The van der Waals surface area contributed by atoms with Gasteiger partial charge in [0.2, 0.25) is 0 Å². The summed E-state index contributed by atoms with van der Waals surface area (Å²) < 4.78 is 0. The Balaban J connectivity index is 2.24. The first-order valence-corrected chi connectivity index (χ1v) is 6.76. The molecule has 0 saturated carbocycles. The number of anilines is 1. The zero-order chi connectivity index (χ0) is 14.4. The Kier molecular flexibility index (Phi) is 4.90. The quantitative estimate of drug-likeness (QED) is 0.834. The monoisotopic (exact) mass is 272 g/mol. The molecule has 0 atom stereocenters. The molecule has 5 heteroatoms. The highest BCUT2D eigenvalue weighted by atomic mass is 16.1. The number of nitrogens with zero attached hydrogens (tertiary/aromatic N) is 2. The Morgan fingerprint density at radius 3 is 2.70 bits per heavy atom. The van der Waals surface area contributed by atoms with Crippen molar-refractivity contribution in [3.8, 4) is 0 Å². The molecule has 106 valence electrons. The van der Waals surface area contributed by atoms with Crippen LogP contribution < -0.4 is 16.2 Å². The highest BCUT2D eigenvalue weighted by molar-refractivity contribution is 5.38. The van der Waals surface area contributed by atoms with Crippen LogP contribution in [0.2, 0.25) is 0 Å². The minimum Gasteiger partial charge on any atom is -0.352 e. The lowest BCUT2D eigenvalue weighted by atomic mass is 10.2. The first-order chi connectivity index (χ1) is 9.69. The zero-order valence-corrected chi connectivity index (χ0v) is 11.7. The Morgan fingerprint density at radius 2 is 2.05 bits per heavy atom. The molecule has 1 aromatic carbocycles. The van der Waals surface area contributed by atoms with Crippen molar-refractivity contribution >= 4 is 5.82 Å².